The first kappa shape index (κ1) is 14.1. The van der Waals surface area contributed by atoms with Gasteiger partial charge < -0.3 is 25.0 Å². The molecule has 0 aliphatic carbocycles. The zero-order chi connectivity index (χ0) is 13.9. The smallest absolute Gasteiger partial charge is 0.332 e. The summed E-state index contributed by atoms with van der Waals surface area (Å²) in [5.41, 5.74) is -1.25. The van der Waals surface area contributed by atoms with Gasteiger partial charge in [-0.1, -0.05) is 6.92 Å². The van der Waals surface area contributed by atoms with Crippen molar-refractivity contribution < 1.29 is 19.4 Å². The van der Waals surface area contributed by atoms with E-state index in [-0.39, 0.29) is 12.6 Å². The number of carboxylic acid groups (broad SMARTS) is 1. The summed E-state index contributed by atoms with van der Waals surface area (Å²) in [6.45, 7) is 6.42. The molecular formula is C12H21N3O4. The zero-order valence-electron chi connectivity index (χ0n) is 11.2. The number of ether oxygens (including phenoxy) is 1. The van der Waals surface area contributed by atoms with Crippen molar-refractivity contribution in [3.8, 4) is 0 Å². The highest BCUT2D eigenvalue weighted by atomic mass is 16.5. The molecule has 2 saturated heterocycles. The van der Waals surface area contributed by atoms with Gasteiger partial charge >= 0.3 is 12.0 Å². The van der Waals surface area contributed by atoms with Crippen molar-refractivity contribution >= 4 is 12.0 Å². The largest absolute Gasteiger partial charge is 0.479 e. The van der Waals surface area contributed by atoms with Crippen LogP contribution in [0.1, 0.15) is 13.3 Å². The summed E-state index contributed by atoms with van der Waals surface area (Å²) in [6, 6.07) is -0.302. The maximum absolute atomic E-state index is 12.1. The number of aliphatic carboxylic acids is 1. The van der Waals surface area contributed by atoms with Gasteiger partial charge in [0.25, 0.3) is 0 Å². The van der Waals surface area contributed by atoms with Gasteiger partial charge in [0.15, 0.2) is 5.54 Å². The molecule has 2 rings (SSSR count). The number of hydrogen-bond acceptors (Lipinski definition) is 4. The van der Waals surface area contributed by atoms with Crippen LogP contribution in [0.3, 0.4) is 0 Å². The molecule has 0 radical (unpaired) electrons. The van der Waals surface area contributed by atoms with Gasteiger partial charge in [-0.2, -0.15) is 0 Å². The minimum Gasteiger partial charge on any atom is -0.479 e. The highest BCUT2D eigenvalue weighted by Crippen LogP contribution is 2.19. The van der Waals surface area contributed by atoms with Gasteiger partial charge in [-0.15, -0.1) is 0 Å². The number of amides is 2. The molecule has 1 atom stereocenters. The Morgan fingerprint density at radius 2 is 2.00 bits per heavy atom. The van der Waals surface area contributed by atoms with E-state index in [2.05, 4.69) is 17.1 Å². The van der Waals surface area contributed by atoms with Crippen molar-refractivity contribution in [2.24, 2.45) is 0 Å². The van der Waals surface area contributed by atoms with E-state index in [1.54, 1.807) is 4.90 Å². The molecule has 1 unspecified atom stereocenters. The molecule has 2 aliphatic heterocycles. The Morgan fingerprint density at radius 3 is 2.47 bits per heavy atom. The number of carbonyl (C=O) groups excluding carboxylic acids is 1. The summed E-state index contributed by atoms with van der Waals surface area (Å²) < 4.78 is 5.12. The van der Waals surface area contributed by atoms with E-state index in [0.717, 1.165) is 19.6 Å². The second kappa shape index (κ2) is 5.75. The van der Waals surface area contributed by atoms with E-state index in [0.29, 0.717) is 26.1 Å². The number of nitrogens with zero attached hydrogens (tertiary/aromatic N) is 2. The fourth-order valence-electron chi connectivity index (χ4n) is 2.44. The number of hydrogen-bond donors (Lipinski definition) is 2. The van der Waals surface area contributed by atoms with E-state index in [9.17, 15) is 14.7 Å². The van der Waals surface area contributed by atoms with Crippen molar-refractivity contribution in [3.05, 3.63) is 0 Å². The summed E-state index contributed by atoms with van der Waals surface area (Å²) in [5, 5.41) is 11.9. The van der Waals surface area contributed by atoms with E-state index < -0.39 is 11.5 Å². The van der Waals surface area contributed by atoms with Gasteiger partial charge in [0, 0.05) is 39.2 Å². The lowest BCUT2D eigenvalue weighted by Crippen LogP contribution is -2.60. The second-order valence-electron chi connectivity index (χ2n) is 5.04. The van der Waals surface area contributed by atoms with Crippen LogP contribution in [-0.2, 0) is 9.53 Å². The Morgan fingerprint density at radius 1 is 1.32 bits per heavy atom. The van der Waals surface area contributed by atoms with E-state index in [1.165, 1.54) is 0 Å². The molecule has 7 heteroatoms. The van der Waals surface area contributed by atoms with Crippen LogP contribution in [0.25, 0.3) is 0 Å². The van der Waals surface area contributed by atoms with Crippen molar-refractivity contribution in [3.63, 3.8) is 0 Å². The molecule has 0 aromatic carbocycles. The van der Waals surface area contributed by atoms with Gasteiger partial charge in [0.1, 0.15) is 0 Å². The quantitative estimate of drug-likeness (QED) is 0.728. The van der Waals surface area contributed by atoms with Crippen LogP contribution in [0.15, 0.2) is 0 Å². The summed E-state index contributed by atoms with van der Waals surface area (Å²) in [5.74, 6) is -1.02. The third kappa shape index (κ3) is 2.98. The lowest BCUT2D eigenvalue weighted by atomic mass is 9.99. The first-order chi connectivity index (χ1) is 9.07. The summed E-state index contributed by atoms with van der Waals surface area (Å²) in [7, 11) is 0. The van der Waals surface area contributed by atoms with Crippen LogP contribution >= 0.6 is 0 Å². The van der Waals surface area contributed by atoms with Crippen LogP contribution in [0, 0.1) is 0 Å². The SMILES string of the molecule is CCN1CCN(C(=O)NC2(C(=O)O)CCOC2)CC1. The third-order valence-electron chi connectivity index (χ3n) is 3.88. The fourth-order valence-corrected chi connectivity index (χ4v) is 2.44. The van der Waals surface area contributed by atoms with Gasteiger partial charge in [0.05, 0.1) is 6.61 Å². The molecule has 108 valence electrons. The predicted octanol–water partition coefficient (Wildman–Crippen LogP) is -0.423. The number of carboxylic acids is 1. The topological polar surface area (TPSA) is 82.1 Å². The molecule has 0 aromatic rings. The fraction of sp³-hybridized carbons (Fsp3) is 0.833. The monoisotopic (exact) mass is 271 g/mol. The van der Waals surface area contributed by atoms with Crippen molar-refractivity contribution in [2.75, 3.05) is 45.9 Å². The molecular weight excluding hydrogens is 250 g/mol. The number of urea groups is 1. The number of piperazine rings is 1. The molecule has 0 aromatic heterocycles. The Balaban J connectivity index is 1.92. The maximum Gasteiger partial charge on any atom is 0.332 e. The molecule has 2 heterocycles. The normalized spacial score (nSPS) is 28.4. The van der Waals surface area contributed by atoms with Crippen LogP contribution in [0.2, 0.25) is 0 Å². The lowest BCUT2D eigenvalue weighted by molar-refractivity contribution is -0.144. The third-order valence-corrected chi connectivity index (χ3v) is 3.88. The zero-order valence-corrected chi connectivity index (χ0v) is 11.2. The van der Waals surface area contributed by atoms with Crippen molar-refractivity contribution in [1.29, 1.82) is 0 Å². The number of carbonyl (C=O) groups is 2. The van der Waals surface area contributed by atoms with Crippen molar-refractivity contribution in [2.45, 2.75) is 18.9 Å². The molecule has 7 nitrogen and oxygen atoms in total. The molecule has 2 aliphatic rings. The van der Waals surface area contributed by atoms with Gasteiger partial charge in [-0.05, 0) is 6.54 Å². The van der Waals surface area contributed by atoms with Crippen LogP contribution in [0.5, 0.6) is 0 Å². The average molecular weight is 271 g/mol. The summed E-state index contributed by atoms with van der Waals surface area (Å²) in [4.78, 5) is 27.4. The van der Waals surface area contributed by atoms with Gasteiger partial charge in [-0.25, -0.2) is 9.59 Å². The Labute approximate surface area is 112 Å². The molecule has 0 spiro atoms. The summed E-state index contributed by atoms with van der Waals surface area (Å²) >= 11 is 0. The molecule has 0 bridgehead atoms. The molecule has 2 N–H and O–H groups in total. The van der Waals surface area contributed by atoms with Crippen LogP contribution < -0.4 is 5.32 Å². The van der Waals surface area contributed by atoms with Crippen LogP contribution in [0.4, 0.5) is 4.79 Å². The number of likely N-dealkylation sites (N-methyl/N-ethyl adjacent to an activating group) is 1. The minimum absolute atomic E-state index is 0.0446. The maximum atomic E-state index is 12.1. The van der Waals surface area contributed by atoms with E-state index in [4.69, 9.17) is 4.74 Å². The number of nitrogens with one attached hydrogen (secondary N) is 1. The first-order valence-corrected chi connectivity index (χ1v) is 6.68. The van der Waals surface area contributed by atoms with E-state index in [1.807, 2.05) is 0 Å². The number of rotatable bonds is 3. The molecule has 2 fully saturated rings. The average Bonchev–Trinajstić information content (AvgIpc) is 2.88. The Bertz CT molecular complexity index is 347. The summed E-state index contributed by atoms with van der Waals surface area (Å²) in [6.07, 6.45) is 0.322. The lowest BCUT2D eigenvalue weighted by Gasteiger charge is -2.36. The van der Waals surface area contributed by atoms with Crippen LogP contribution in [-0.4, -0.2) is 78.4 Å². The second-order valence-corrected chi connectivity index (χ2v) is 5.04. The Hall–Kier alpha value is -1.34. The van der Waals surface area contributed by atoms with Gasteiger partial charge in [0.2, 0.25) is 0 Å². The Kier molecular flexibility index (Phi) is 4.26. The standard InChI is InChI=1S/C12H21N3O4/c1-2-14-4-6-15(7-5-14)11(18)13-12(10(16)17)3-8-19-9-12/h2-9H2,1H3,(H,13,18)(H,16,17). The highest BCUT2D eigenvalue weighted by molar-refractivity contribution is 5.86. The predicted molar refractivity (Wildman–Crippen MR) is 68.0 cm³/mol. The molecule has 2 amide bonds. The molecule has 0 saturated carbocycles. The first-order valence-electron chi connectivity index (χ1n) is 6.68. The highest BCUT2D eigenvalue weighted by Gasteiger charge is 2.44. The van der Waals surface area contributed by atoms with E-state index >= 15 is 0 Å². The van der Waals surface area contributed by atoms with Gasteiger partial charge in [-0.3, -0.25) is 0 Å². The van der Waals surface area contributed by atoms with Crippen molar-refractivity contribution in [1.82, 2.24) is 15.1 Å². The minimum atomic E-state index is -1.25. The molecule has 19 heavy (non-hydrogen) atoms.